The minimum atomic E-state index is 0.704. The average Bonchev–Trinajstić information content (AvgIpc) is 3.81. The van der Waals surface area contributed by atoms with Gasteiger partial charge in [-0.2, -0.15) is 0 Å². The van der Waals surface area contributed by atoms with Crippen LogP contribution in [0.1, 0.15) is 18.2 Å². The standard InChI is InChI=1S/C47H30N4/c1-3-13-33-37-27-41-42(43-35-19-10-12-21-40(35)50(45(37)43)39(33)4-2)36-25-24-29-15-7-8-17-32(29)44(36)51(41)47-34-18-9-11-20-38(34)48-46(49-47)31-23-22-28-14-5-6-16-30(28)26-31/h3-27H,2H2,1H3/b13-3-. The third kappa shape index (κ3) is 3.73. The minimum absolute atomic E-state index is 0.704. The predicted octanol–water partition coefficient (Wildman–Crippen LogP) is 12.4. The van der Waals surface area contributed by atoms with Crippen molar-refractivity contribution in [1.29, 1.82) is 0 Å². The van der Waals surface area contributed by atoms with Gasteiger partial charge in [-0.25, -0.2) is 9.97 Å². The molecular formula is C47H30N4. The summed E-state index contributed by atoms with van der Waals surface area (Å²) in [5.41, 5.74) is 8.85. The highest BCUT2D eigenvalue weighted by atomic mass is 15.1. The number of fused-ring (bicyclic) bond motifs is 11. The molecule has 0 bridgehead atoms. The first kappa shape index (κ1) is 28.1. The molecule has 0 aliphatic rings. The summed E-state index contributed by atoms with van der Waals surface area (Å²) in [5, 5.41) is 11.9. The maximum absolute atomic E-state index is 5.52. The largest absolute Gasteiger partial charge is 0.308 e. The number of nitrogens with zero attached hydrogens (tertiary/aromatic N) is 4. The lowest BCUT2D eigenvalue weighted by atomic mass is 10.00. The lowest BCUT2D eigenvalue weighted by molar-refractivity contribution is 1.08. The Morgan fingerprint density at radius 3 is 2.14 bits per heavy atom. The molecule has 4 heterocycles. The smallest absolute Gasteiger partial charge is 0.162 e. The van der Waals surface area contributed by atoms with E-state index in [1.54, 1.807) is 0 Å². The molecule has 4 aromatic heterocycles. The Morgan fingerprint density at radius 2 is 1.29 bits per heavy atom. The van der Waals surface area contributed by atoms with E-state index in [1.807, 2.05) is 6.08 Å². The van der Waals surface area contributed by atoms with Gasteiger partial charge in [0, 0.05) is 48.8 Å². The van der Waals surface area contributed by atoms with E-state index in [0.29, 0.717) is 5.82 Å². The van der Waals surface area contributed by atoms with Crippen LogP contribution in [-0.4, -0.2) is 18.9 Å². The van der Waals surface area contributed by atoms with Gasteiger partial charge in [-0.3, -0.25) is 4.57 Å². The van der Waals surface area contributed by atoms with Gasteiger partial charge in [0.2, 0.25) is 0 Å². The first-order chi connectivity index (χ1) is 25.2. The molecule has 11 rings (SSSR count). The Bertz CT molecular complexity index is 3280. The van der Waals surface area contributed by atoms with Crippen molar-refractivity contribution in [1.82, 2.24) is 18.9 Å². The zero-order valence-electron chi connectivity index (χ0n) is 27.9. The molecule has 0 fully saturated rings. The summed E-state index contributed by atoms with van der Waals surface area (Å²) in [4.78, 5) is 10.7. The van der Waals surface area contributed by atoms with Crippen LogP contribution in [0.3, 0.4) is 0 Å². The highest BCUT2D eigenvalue weighted by Crippen LogP contribution is 2.48. The van der Waals surface area contributed by atoms with Crippen molar-refractivity contribution < 1.29 is 0 Å². The van der Waals surface area contributed by atoms with Crippen LogP contribution in [0.4, 0.5) is 0 Å². The number of rotatable bonds is 4. The molecule has 4 heteroatoms. The fourth-order valence-electron chi connectivity index (χ4n) is 8.59. The molecule has 7 aromatic carbocycles. The third-order valence-electron chi connectivity index (χ3n) is 10.7. The predicted molar refractivity (Wildman–Crippen MR) is 216 cm³/mol. The van der Waals surface area contributed by atoms with Gasteiger partial charge in [0.15, 0.2) is 5.82 Å². The molecule has 0 N–H and O–H groups in total. The summed E-state index contributed by atoms with van der Waals surface area (Å²) in [7, 11) is 0. The summed E-state index contributed by atoms with van der Waals surface area (Å²) in [6.45, 7) is 6.38. The lowest BCUT2D eigenvalue weighted by Crippen LogP contribution is -2.03. The number of benzene rings is 7. The summed E-state index contributed by atoms with van der Waals surface area (Å²) in [6.07, 6.45) is 6.35. The molecule has 0 saturated heterocycles. The fraction of sp³-hybridized carbons (Fsp3) is 0.0213. The molecule has 51 heavy (non-hydrogen) atoms. The van der Waals surface area contributed by atoms with E-state index in [2.05, 4.69) is 168 Å². The van der Waals surface area contributed by atoms with Crippen molar-refractivity contribution in [2.45, 2.75) is 6.92 Å². The highest BCUT2D eigenvalue weighted by molar-refractivity contribution is 6.35. The number of aromatic nitrogens is 4. The van der Waals surface area contributed by atoms with Crippen molar-refractivity contribution in [3.8, 4) is 17.2 Å². The molecule has 0 atom stereocenters. The van der Waals surface area contributed by atoms with E-state index in [9.17, 15) is 0 Å². The molecule has 4 nitrogen and oxygen atoms in total. The second-order valence-electron chi connectivity index (χ2n) is 13.4. The van der Waals surface area contributed by atoms with Gasteiger partial charge in [-0.1, -0.05) is 122 Å². The zero-order valence-corrected chi connectivity index (χ0v) is 27.9. The van der Waals surface area contributed by atoms with Crippen molar-refractivity contribution >= 4 is 93.6 Å². The van der Waals surface area contributed by atoms with Crippen molar-refractivity contribution in [2.75, 3.05) is 0 Å². The molecule has 0 unspecified atom stereocenters. The second kappa shape index (κ2) is 10.4. The van der Waals surface area contributed by atoms with Gasteiger partial charge in [0.1, 0.15) is 5.82 Å². The fourth-order valence-corrected chi connectivity index (χ4v) is 8.59. The second-order valence-corrected chi connectivity index (χ2v) is 13.4. The Hall–Kier alpha value is -6.78. The van der Waals surface area contributed by atoms with Crippen LogP contribution in [0.25, 0.3) is 111 Å². The number of hydrogen-bond donors (Lipinski definition) is 0. The van der Waals surface area contributed by atoms with E-state index in [0.717, 1.165) is 39.0 Å². The zero-order chi connectivity index (χ0) is 33.8. The summed E-state index contributed by atoms with van der Waals surface area (Å²) in [5.74, 6) is 1.57. The van der Waals surface area contributed by atoms with Gasteiger partial charge in [0.05, 0.1) is 33.3 Å². The molecule has 0 saturated carbocycles. The molecule has 238 valence electrons. The highest BCUT2D eigenvalue weighted by Gasteiger charge is 2.27. The lowest BCUT2D eigenvalue weighted by Gasteiger charge is -2.14. The third-order valence-corrected chi connectivity index (χ3v) is 10.7. The van der Waals surface area contributed by atoms with E-state index in [-0.39, 0.29) is 0 Å². The van der Waals surface area contributed by atoms with Crippen LogP contribution in [0.2, 0.25) is 0 Å². The average molecular weight is 651 g/mol. The molecule has 0 spiro atoms. The summed E-state index contributed by atoms with van der Waals surface area (Å²) >= 11 is 0. The molecular weight excluding hydrogens is 621 g/mol. The Balaban J connectivity index is 1.39. The monoisotopic (exact) mass is 650 g/mol. The van der Waals surface area contributed by atoms with E-state index in [1.165, 1.54) is 65.1 Å². The molecule has 0 aliphatic carbocycles. The van der Waals surface area contributed by atoms with Crippen molar-refractivity contribution in [3.05, 3.63) is 157 Å². The van der Waals surface area contributed by atoms with E-state index < -0.39 is 0 Å². The van der Waals surface area contributed by atoms with Crippen LogP contribution in [-0.2, 0) is 0 Å². The molecule has 0 amide bonds. The van der Waals surface area contributed by atoms with Gasteiger partial charge in [-0.05, 0) is 59.5 Å². The quantitative estimate of drug-likeness (QED) is 0.190. The van der Waals surface area contributed by atoms with Crippen LogP contribution < -0.4 is 0 Å². The van der Waals surface area contributed by atoms with E-state index >= 15 is 0 Å². The Kier molecular flexibility index (Phi) is 5.71. The van der Waals surface area contributed by atoms with E-state index in [4.69, 9.17) is 9.97 Å². The van der Waals surface area contributed by atoms with Crippen LogP contribution in [0.15, 0.2) is 146 Å². The summed E-state index contributed by atoms with van der Waals surface area (Å²) < 4.78 is 4.83. The molecule has 0 radical (unpaired) electrons. The van der Waals surface area contributed by atoms with Crippen molar-refractivity contribution in [2.24, 2.45) is 0 Å². The van der Waals surface area contributed by atoms with Crippen LogP contribution in [0.5, 0.6) is 0 Å². The number of allylic oxidation sites excluding steroid dienone is 1. The number of para-hydroxylation sites is 2. The first-order valence-corrected chi connectivity index (χ1v) is 17.4. The van der Waals surface area contributed by atoms with Gasteiger partial charge < -0.3 is 4.40 Å². The first-order valence-electron chi connectivity index (χ1n) is 17.4. The molecule has 0 aliphatic heterocycles. The van der Waals surface area contributed by atoms with Crippen LogP contribution in [0, 0.1) is 0 Å². The summed E-state index contributed by atoms with van der Waals surface area (Å²) in [6, 6.07) is 47.8. The maximum Gasteiger partial charge on any atom is 0.162 e. The minimum Gasteiger partial charge on any atom is -0.308 e. The molecule has 11 aromatic rings. The Morgan fingerprint density at radius 1 is 0.569 bits per heavy atom. The van der Waals surface area contributed by atoms with Gasteiger partial charge in [-0.15, -0.1) is 0 Å². The van der Waals surface area contributed by atoms with Crippen molar-refractivity contribution in [3.63, 3.8) is 0 Å². The normalized spacial score (nSPS) is 12.4. The topological polar surface area (TPSA) is 35.1 Å². The number of hydrogen-bond acceptors (Lipinski definition) is 2. The van der Waals surface area contributed by atoms with Crippen LogP contribution >= 0.6 is 0 Å². The van der Waals surface area contributed by atoms with Gasteiger partial charge >= 0.3 is 0 Å². The maximum atomic E-state index is 5.52. The Labute approximate surface area is 293 Å². The SMILES string of the molecule is C=Cc1c(/C=C\C)c2cc3c(c4ccc5ccccc5c4n3-c3nc(-c4ccc5ccccc5c4)nc4ccccc34)c3c4ccccc4n1c23. The van der Waals surface area contributed by atoms with Gasteiger partial charge in [0.25, 0.3) is 0 Å².